The predicted octanol–water partition coefficient (Wildman–Crippen LogP) is 3.45. The minimum Gasteiger partial charge on any atom is -0.378 e. The quantitative estimate of drug-likeness (QED) is 0.856. The van der Waals surface area contributed by atoms with Gasteiger partial charge in [-0.05, 0) is 46.8 Å². The zero-order valence-corrected chi connectivity index (χ0v) is 14.0. The van der Waals surface area contributed by atoms with Crippen LogP contribution in [0.1, 0.15) is 44.3 Å². The molecule has 1 fully saturated rings. The van der Waals surface area contributed by atoms with Crippen molar-refractivity contribution in [1.29, 1.82) is 0 Å². The van der Waals surface area contributed by atoms with Crippen molar-refractivity contribution in [1.82, 2.24) is 0 Å². The van der Waals surface area contributed by atoms with E-state index in [0.29, 0.717) is 11.6 Å². The normalized spacial score (nSPS) is 28.2. The molecule has 2 N–H and O–H groups in total. The highest BCUT2D eigenvalue weighted by atomic mass is 79.9. The first-order valence-electron chi connectivity index (χ1n) is 7.52. The second kappa shape index (κ2) is 5.61. The molecule has 1 aromatic carbocycles. The third kappa shape index (κ3) is 2.69. The van der Waals surface area contributed by atoms with Crippen molar-refractivity contribution < 1.29 is 9.90 Å². The van der Waals surface area contributed by atoms with E-state index in [0.717, 1.165) is 21.8 Å². The van der Waals surface area contributed by atoms with Gasteiger partial charge < -0.3 is 15.3 Å². The SMILES string of the molecule is CC1CCCC(N(C)c2cc3c(cc2Br)C(O)C(=O)N3)C1. The Balaban J connectivity index is 1.89. The van der Waals surface area contributed by atoms with E-state index in [1.165, 1.54) is 25.7 Å². The van der Waals surface area contributed by atoms with Gasteiger partial charge in [0.25, 0.3) is 5.91 Å². The Morgan fingerprint density at radius 3 is 2.86 bits per heavy atom. The molecule has 3 atom stereocenters. The van der Waals surface area contributed by atoms with Crippen LogP contribution in [0.5, 0.6) is 0 Å². The van der Waals surface area contributed by atoms with Crippen LogP contribution in [-0.4, -0.2) is 24.1 Å². The van der Waals surface area contributed by atoms with Gasteiger partial charge in [-0.15, -0.1) is 0 Å². The number of nitrogens with one attached hydrogen (secondary N) is 1. The molecule has 0 bridgehead atoms. The fraction of sp³-hybridized carbons (Fsp3) is 0.562. The van der Waals surface area contributed by atoms with Crippen molar-refractivity contribution in [3.63, 3.8) is 0 Å². The number of rotatable bonds is 2. The zero-order valence-electron chi connectivity index (χ0n) is 12.4. The van der Waals surface area contributed by atoms with E-state index in [1.807, 2.05) is 12.1 Å². The number of halogens is 1. The van der Waals surface area contributed by atoms with Gasteiger partial charge in [0.15, 0.2) is 6.10 Å². The molecule has 114 valence electrons. The molecule has 1 saturated carbocycles. The Morgan fingerprint density at radius 1 is 1.38 bits per heavy atom. The van der Waals surface area contributed by atoms with Gasteiger partial charge >= 0.3 is 0 Å². The van der Waals surface area contributed by atoms with Gasteiger partial charge in [0.1, 0.15) is 0 Å². The summed E-state index contributed by atoms with van der Waals surface area (Å²) in [4.78, 5) is 13.9. The summed E-state index contributed by atoms with van der Waals surface area (Å²) < 4.78 is 0.928. The molecule has 0 spiro atoms. The van der Waals surface area contributed by atoms with Gasteiger partial charge in [-0.25, -0.2) is 0 Å². The monoisotopic (exact) mass is 352 g/mol. The summed E-state index contributed by atoms with van der Waals surface area (Å²) in [7, 11) is 2.11. The van der Waals surface area contributed by atoms with Gasteiger partial charge in [-0.1, -0.05) is 19.8 Å². The lowest BCUT2D eigenvalue weighted by Crippen LogP contribution is -2.35. The van der Waals surface area contributed by atoms with E-state index in [2.05, 4.69) is 40.1 Å². The topological polar surface area (TPSA) is 52.6 Å². The van der Waals surface area contributed by atoms with Gasteiger partial charge in [0.2, 0.25) is 0 Å². The molecule has 0 radical (unpaired) electrons. The molecule has 1 heterocycles. The number of hydrogen-bond donors (Lipinski definition) is 2. The first-order chi connectivity index (χ1) is 9.97. The van der Waals surface area contributed by atoms with Crippen molar-refractivity contribution >= 4 is 33.2 Å². The van der Waals surface area contributed by atoms with E-state index in [1.54, 1.807) is 0 Å². The molecular formula is C16H21BrN2O2. The largest absolute Gasteiger partial charge is 0.378 e. The van der Waals surface area contributed by atoms with Crippen molar-refractivity contribution in [3.05, 3.63) is 22.2 Å². The molecule has 1 amide bonds. The van der Waals surface area contributed by atoms with E-state index in [9.17, 15) is 9.90 Å². The molecule has 2 aliphatic rings. The number of benzene rings is 1. The van der Waals surface area contributed by atoms with E-state index in [4.69, 9.17) is 0 Å². The lowest BCUT2D eigenvalue weighted by atomic mass is 9.86. The van der Waals surface area contributed by atoms with E-state index < -0.39 is 6.10 Å². The fourth-order valence-corrected chi connectivity index (χ4v) is 4.12. The van der Waals surface area contributed by atoms with Crippen LogP contribution in [0.2, 0.25) is 0 Å². The maximum Gasteiger partial charge on any atom is 0.257 e. The smallest absolute Gasteiger partial charge is 0.257 e. The molecule has 5 heteroatoms. The molecule has 3 rings (SSSR count). The summed E-state index contributed by atoms with van der Waals surface area (Å²) in [6, 6.07) is 4.35. The summed E-state index contributed by atoms with van der Waals surface area (Å²) in [6.07, 6.45) is 3.95. The Labute approximate surface area is 133 Å². The first-order valence-corrected chi connectivity index (χ1v) is 8.32. The van der Waals surface area contributed by atoms with Gasteiger partial charge in [0, 0.05) is 28.8 Å². The number of carbonyl (C=O) groups is 1. The average molecular weight is 353 g/mol. The summed E-state index contributed by atoms with van der Waals surface area (Å²) in [5.74, 6) is 0.420. The number of amides is 1. The Bertz CT molecular complexity index is 576. The van der Waals surface area contributed by atoms with Gasteiger partial charge in [-0.3, -0.25) is 4.79 Å². The van der Waals surface area contributed by atoms with Crippen LogP contribution < -0.4 is 10.2 Å². The third-order valence-corrected chi connectivity index (χ3v) is 5.39. The second-order valence-corrected chi connectivity index (χ2v) is 7.17. The highest BCUT2D eigenvalue weighted by Crippen LogP contribution is 2.40. The fourth-order valence-electron chi connectivity index (χ4n) is 3.47. The molecule has 0 saturated heterocycles. The lowest BCUT2D eigenvalue weighted by Gasteiger charge is -2.36. The number of carbonyl (C=O) groups excluding carboxylic acids is 1. The van der Waals surface area contributed by atoms with Crippen molar-refractivity contribution in [3.8, 4) is 0 Å². The number of anilines is 2. The zero-order chi connectivity index (χ0) is 15.1. The minimum absolute atomic E-state index is 0.344. The second-order valence-electron chi connectivity index (χ2n) is 6.32. The minimum atomic E-state index is -1.05. The average Bonchev–Trinajstić information content (AvgIpc) is 2.73. The number of hydrogen-bond acceptors (Lipinski definition) is 3. The Hall–Kier alpha value is -1.07. The highest BCUT2D eigenvalue weighted by molar-refractivity contribution is 9.10. The van der Waals surface area contributed by atoms with Gasteiger partial charge in [0.05, 0.1) is 5.69 Å². The molecule has 4 nitrogen and oxygen atoms in total. The van der Waals surface area contributed by atoms with Crippen LogP contribution >= 0.6 is 15.9 Å². The summed E-state index contributed by atoms with van der Waals surface area (Å²) >= 11 is 3.59. The van der Waals surface area contributed by atoms with Crippen LogP contribution in [0, 0.1) is 5.92 Å². The number of aliphatic hydroxyl groups is 1. The number of nitrogens with zero attached hydrogens (tertiary/aromatic N) is 1. The highest BCUT2D eigenvalue weighted by Gasteiger charge is 2.31. The third-order valence-electron chi connectivity index (χ3n) is 4.76. The van der Waals surface area contributed by atoms with Crippen molar-refractivity contribution in [2.45, 2.75) is 44.8 Å². The van der Waals surface area contributed by atoms with E-state index >= 15 is 0 Å². The summed E-state index contributed by atoms with van der Waals surface area (Å²) in [5, 5.41) is 12.6. The first kappa shape index (κ1) is 14.9. The predicted molar refractivity (Wildman–Crippen MR) is 87.6 cm³/mol. The van der Waals surface area contributed by atoms with E-state index in [-0.39, 0.29) is 5.91 Å². The lowest BCUT2D eigenvalue weighted by molar-refractivity contribution is -0.123. The van der Waals surface area contributed by atoms with Crippen LogP contribution in [0.15, 0.2) is 16.6 Å². The Kier molecular flexibility index (Phi) is 3.97. The molecule has 3 unspecified atom stereocenters. The van der Waals surface area contributed by atoms with Crippen molar-refractivity contribution in [2.75, 3.05) is 17.3 Å². The molecule has 1 aliphatic carbocycles. The van der Waals surface area contributed by atoms with Crippen molar-refractivity contribution in [2.24, 2.45) is 5.92 Å². The number of fused-ring (bicyclic) bond motifs is 1. The number of aliphatic hydroxyl groups excluding tert-OH is 1. The maximum absolute atomic E-state index is 11.6. The van der Waals surface area contributed by atoms with Crippen LogP contribution in [0.4, 0.5) is 11.4 Å². The molecule has 0 aromatic heterocycles. The molecular weight excluding hydrogens is 332 g/mol. The molecule has 1 aromatic rings. The summed E-state index contributed by atoms with van der Waals surface area (Å²) in [6.45, 7) is 2.31. The standard InChI is InChI=1S/C16H21BrN2O2/c1-9-4-3-5-10(6-9)19(2)14-8-13-11(7-12(14)17)15(20)16(21)18-13/h7-10,15,20H,3-6H2,1-2H3,(H,18,21). The van der Waals surface area contributed by atoms with Crippen LogP contribution in [0.3, 0.4) is 0 Å². The van der Waals surface area contributed by atoms with Crippen LogP contribution in [0.25, 0.3) is 0 Å². The Morgan fingerprint density at radius 2 is 2.14 bits per heavy atom. The van der Waals surface area contributed by atoms with Crippen LogP contribution in [-0.2, 0) is 4.79 Å². The molecule has 21 heavy (non-hydrogen) atoms. The summed E-state index contributed by atoms with van der Waals surface area (Å²) in [5.41, 5.74) is 2.45. The maximum atomic E-state index is 11.6. The molecule has 1 aliphatic heterocycles. The van der Waals surface area contributed by atoms with Gasteiger partial charge in [-0.2, -0.15) is 0 Å².